The molecule has 2 aliphatic heterocycles. The molecule has 1 saturated heterocycles. The highest BCUT2D eigenvalue weighted by Gasteiger charge is 2.25. The molecule has 182 valence electrons. The quantitative estimate of drug-likeness (QED) is 0.611. The number of carbonyl (C=O) groups excluding carboxylic acids is 2. The maximum Gasteiger partial charge on any atom is 0.254 e. The molecule has 0 saturated carbocycles. The summed E-state index contributed by atoms with van der Waals surface area (Å²) in [6.45, 7) is 7.54. The number of allylic oxidation sites excluding steroid dienone is 1. The van der Waals surface area contributed by atoms with Gasteiger partial charge in [0.1, 0.15) is 5.82 Å². The molecule has 8 nitrogen and oxygen atoms in total. The molecule has 2 amide bonds. The maximum absolute atomic E-state index is 13.4. The third kappa shape index (κ3) is 5.67. The molecule has 0 unspecified atom stereocenters. The molecule has 0 atom stereocenters. The fraction of sp³-hybridized carbons (Fsp3) is 0.500. The lowest BCUT2D eigenvalue weighted by atomic mass is 9.93. The zero-order chi connectivity index (χ0) is 24.1. The van der Waals surface area contributed by atoms with Crippen LogP contribution in [0.1, 0.15) is 59.7 Å². The zero-order valence-corrected chi connectivity index (χ0v) is 20.5. The van der Waals surface area contributed by atoms with Crippen LogP contribution in [0.4, 0.5) is 5.82 Å². The van der Waals surface area contributed by atoms with Gasteiger partial charge in [-0.3, -0.25) is 14.3 Å². The van der Waals surface area contributed by atoms with Crippen molar-refractivity contribution in [3.8, 4) is 0 Å². The summed E-state index contributed by atoms with van der Waals surface area (Å²) in [7, 11) is 1.89. The SMILES string of the molecule is C/C=C1\CN(C(=O)c2ccc(CNC(=O)CCC3CCNCC3)cc2C)Cc2cnn(C)c2N1. The Bertz CT molecular complexity index is 1070. The van der Waals surface area contributed by atoms with Crippen molar-refractivity contribution in [2.75, 3.05) is 25.0 Å². The second-order valence-corrected chi connectivity index (χ2v) is 9.40. The Balaban J connectivity index is 1.36. The molecule has 2 aromatic rings. The highest BCUT2D eigenvalue weighted by molar-refractivity contribution is 5.96. The Kier molecular flexibility index (Phi) is 7.67. The van der Waals surface area contributed by atoms with Crippen LogP contribution < -0.4 is 16.0 Å². The smallest absolute Gasteiger partial charge is 0.254 e. The minimum absolute atomic E-state index is 0.00656. The number of nitrogens with zero attached hydrogens (tertiary/aromatic N) is 3. The molecule has 1 fully saturated rings. The van der Waals surface area contributed by atoms with Crippen LogP contribution in [0.15, 0.2) is 36.2 Å². The number of hydrogen-bond acceptors (Lipinski definition) is 5. The minimum atomic E-state index is -0.00656. The summed E-state index contributed by atoms with van der Waals surface area (Å²) in [4.78, 5) is 27.6. The first-order valence-corrected chi connectivity index (χ1v) is 12.2. The molecule has 4 rings (SSSR count). The Morgan fingerprint density at radius 1 is 1.24 bits per heavy atom. The Labute approximate surface area is 201 Å². The Hall–Kier alpha value is -3.13. The van der Waals surface area contributed by atoms with E-state index in [0.717, 1.165) is 60.6 Å². The van der Waals surface area contributed by atoms with Crippen molar-refractivity contribution < 1.29 is 9.59 Å². The van der Waals surface area contributed by atoms with E-state index in [2.05, 4.69) is 21.0 Å². The molecule has 0 bridgehead atoms. The molecule has 0 aliphatic carbocycles. The molecule has 1 aromatic heterocycles. The van der Waals surface area contributed by atoms with Gasteiger partial charge in [-0.15, -0.1) is 0 Å². The fourth-order valence-corrected chi connectivity index (χ4v) is 4.77. The lowest BCUT2D eigenvalue weighted by Gasteiger charge is -2.22. The summed E-state index contributed by atoms with van der Waals surface area (Å²) >= 11 is 0. The highest BCUT2D eigenvalue weighted by atomic mass is 16.2. The van der Waals surface area contributed by atoms with Gasteiger partial charge in [-0.25, -0.2) is 0 Å². The van der Waals surface area contributed by atoms with Crippen LogP contribution in [0.3, 0.4) is 0 Å². The number of fused-ring (bicyclic) bond motifs is 1. The van der Waals surface area contributed by atoms with Crippen LogP contribution in [0.25, 0.3) is 0 Å². The number of aryl methyl sites for hydroxylation is 2. The number of rotatable bonds is 6. The van der Waals surface area contributed by atoms with Crippen LogP contribution in [0.2, 0.25) is 0 Å². The maximum atomic E-state index is 13.4. The molecule has 34 heavy (non-hydrogen) atoms. The van der Waals surface area contributed by atoms with Crippen LogP contribution in [0.5, 0.6) is 0 Å². The first kappa shape index (κ1) is 24.0. The molecule has 2 aliphatic rings. The second kappa shape index (κ2) is 10.9. The van der Waals surface area contributed by atoms with Gasteiger partial charge in [-0.1, -0.05) is 18.2 Å². The molecule has 3 heterocycles. The molecular formula is C26H36N6O2. The minimum Gasteiger partial charge on any atom is -0.352 e. The number of benzene rings is 1. The van der Waals surface area contributed by atoms with E-state index in [-0.39, 0.29) is 11.8 Å². The van der Waals surface area contributed by atoms with Crippen LogP contribution in [-0.4, -0.2) is 46.1 Å². The van der Waals surface area contributed by atoms with E-state index in [1.54, 1.807) is 4.68 Å². The van der Waals surface area contributed by atoms with Gasteiger partial charge in [0, 0.05) is 36.8 Å². The van der Waals surface area contributed by atoms with E-state index in [0.29, 0.717) is 37.5 Å². The normalized spacial score (nSPS) is 17.7. The van der Waals surface area contributed by atoms with Gasteiger partial charge in [0.05, 0.1) is 19.3 Å². The predicted octanol–water partition coefficient (Wildman–Crippen LogP) is 3.10. The van der Waals surface area contributed by atoms with E-state index in [9.17, 15) is 9.59 Å². The summed E-state index contributed by atoms with van der Waals surface area (Å²) in [5.74, 6) is 1.67. The van der Waals surface area contributed by atoms with Gasteiger partial charge < -0.3 is 20.9 Å². The molecule has 0 spiro atoms. The van der Waals surface area contributed by atoms with E-state index in [1.165, 1.54) is 0 Å². The van der Waals surface area contributed by atoms with Crippen LogP contribution >= 0.6 is 0 Å². The van der Waals surface area contributed by atoms with Gasteiger partial charge in [-0.2, -0.15) is 5.10 Å². The summed E-state index contributed by atoms with van der Waals surface area (Å²) in [5.41, 5.74) is 4.57. The second-order valence-electron chi connectivity index (χ2n) is 9.40. The van der Waals surface area contributed by atoms with Crippen molar-refractivity contribution in [2.24, 2.45) is 13.0 Å². The van der Waals surface area contributed by atoms with Crippen molar-refractivity contribution in [2.45, 2.75) is 52.6 Å². The van der Waals surface area contributed by atoms with Crippen molar-refractivity contribution >= 4 is 17.6 Å². The van der Waals surface area contributed by atoms with Gasteiger partial charge in [0.2, 0.25) is 5.91 Å². The summed E-state index contributed by atoms with van der Waals surface area (Å²) in [5, 5.41) is 14.1. The fourth-order valence-electron chi connectivity index (χ4n) is 4.77. The number of anilines is 1. The number of aromatic nitrogens is 2. The standard InChI is InChI=1S/C26H36N6O2/c1-4-22-17-32(16-21-15-29-31(3)25(21)30-22)26(34)23-7-5-20(13-18(23)2)14-28-24(33)8-6-19-9-11-27-12-10-19/h4-5,7,13,15,19,27,30H,6,8-12,14,16-17H2,1-3H3,(H,28,33)/b22-4+. The summed E-state index contributed by atoms with van der Waals surface area (Å²) in [6, 6.07) is 5.82. The molecular weight excluding hydrogens is 428 g/mol. The number of carbonyl (C=O) groups is 2. The van der Waals surface area contributed by atoms with Gasteiger partial charge in [0.15, 0.2) is 0 Å². The van der Waals surface area contributed by atoms with E-state index in [4.69, 9.17) is 0 Å². The first-order chi connectivity index (χ1) is 16.4. The van der Waals surface area contributed by atoms with Crippen LogP contribution in [-0.2, 0) is 24.9 Å². The monoisotopic (exact) mass is 464 g/mol. The third-order valence-electron chi connectivity index (χ3n) is 6.90. The molecule has 1 aromatic carbocycles. The Morgan fingerprint density at radius 3 is 2.76 bits per heavy atom. The van der Waals surface area contributed by atoms with Crippen molar-refractivity contribution in [3.63, 3.8) is 0 Å². The predicted molar refractivity (Wildman–Crippen MR) is 133 cm³/mol. The van der Waals surface area contributed by atoms with Crippen molar-refractivity contribution in [1.29, 1.82) is 0 Å². The number of hydrogen-bond donors (Lipinski definition) is 3. The number of nitrogens with one attached hydrogen (secondary N) is 3. The van der Waals surface area contributed by atoms with Gasteiger partial charge >= 0.3 is 0 Å². The number of amides is 2. The lowest BCUT2D eigenvalue weighted by molar-refractivity contribution is -0.121. The Morgan fingerprint density at radius 2 is 2.03 bits per heavy atom. The van der Waals surface area contributed by atoms with Crippen molar-refractivity contribution in [3.05, 3.63) is 58.4 Å². The topological polar surface area (TPSA) is 91.3 Å². The molecule has 3 N–H and O–H groups in total. The largest absolute Gasteiger partial charge is 0.352 e. The summed E-state index contributed by atoms with van der Waals surface area (Å²) in [6.07, 6.45) is 7.65. The zero-order valence-electron chi connectivity index (χ0n) is 20.5. The average Bonchev–Trinajstić information content (AvgIpc) is 3.07. The lowest BCUT2D eigenvalue weighted by Crippen LogP contribution is -2.32. The number of piperidine rings is 1. The van der Waals surface area contributed by atoms with Gasteiger partial charge in [-0.05, 0) is 69.3 Å². The van der Waals surface area contributed by atoms with Gasteiger partial charge in [0.25, 0.3) is 5.91 Å². The first-order valence-electron chi connectivity index (χ1n) is 12.2. The van der Waals surface area contributed by atoms with E-state index in [1.807, 2.05) is 56.3 Å². The van der Waals surface area contributed by atoms with E-state index >= 15 is 0 Å². The van der Waals surface area contributed by atoms with Crippen molar-refractivity contribution in [1.82, 2.24) is 25.3 Å². The molecule has 0 radical (unpaired) electrons. The molecule has 8 heteroatoms. The van der Waals surface area contributed by atoms with E-state index < -0.39 is 0 Å². The summed E-state index contributed by atoms with van der Waals surface area (Å²) < 4.78 is 1.80. The highest BCUT2D eigenvalue weighted by Crippen LogP contribution is 2.25. The van der Waals surface area contributed by atoms with Crippen LogP contribution in [0, 0.1) is 12.8 Å². The third-order valence-corrected chi connectivity index (χ3v) is 6.90. The average molecular weight is 465 g/mol.